The van der Waals surface area contributed by atoms with Gasteiger partial charge in [0.05, 0.1) is 30.2 Å². The Balaban J connectivity index is 1.74. The first-order valence-corrected chi connectivity index (χ1v) is 7.01. The molecule has 2 saturated heterocycles. The number of nitrogens with zero attached hydrogens (tertiary/aromatic N) is 1. The van der Waals surface area contributed by atoms with E-state index in [-0.39, 0.29) is 29.8 Å². The average Bonchev–Trinajstić information content (AvgIpc) is 3.03. The third-order valence-corrected chi connectivity index (χ3v) is 4.50. The number of amides is 2. The van der Waals surface area contributed by atoms with E-state index in [0.29, 0.717) is 18.7 Å². The van der Waals surface area contributed by atoms with Gasteiger partial charge in [-0.1, -0.05) is 24.3 Å². The smallest absolute Gasteiger partial charge is 0.240 e. The summed E-state index contributed by atoms with van der Waals surface area (Å²) in [4.78, 5) is 26.6. The van der Waals surface area contributed by atoms with Gasteiger partial charge in [0, 0.05) is 0 Å². The number of allylic oxidation sites excluding steroid dienone is 1. The maximum atomic E-state index is 12.7. The van der Waals surface area contributed by atoms with Crippen LogP contribution in [0, 0.1) is 11.8 Å². The zero-order valence-corrected chi connectivity index (χ0v) is 11.0. The summed E-state index contributed by atoms with van der Waals surface area (Å²) in [6.07, 6.45) is 3.46. The Labute approximate surface area is 117 Å². The SMILES string of the molecule is O=C1[C@@H]2[C@@H](CC=C3CCO[C@@H]32)C(=O)N1c1ccccc1. The molecule has 0 spiro atoms. The van der Waals surface area contributed by atoms with Crippen molar-refractivity contribution in [3.05, 3.63) is 42.0 Å². The van der Waals surface area contributed by atoms with Crippen LogP contribution >= 0.6 is 0 Å². The normalized spacial score (nSPS) is 32.1. The Morgan fingerprint density at radius 1 is 1.10 bits per heavy atom. The van der Waals surface area contributed by atoms with Gasteiger partial charge in [0.25, 0.3) is 0 Å². The van der Waals surface area contributed by atoms with Crippen molar-refractivity contribution in [2.75, 3.05) is 11.5 Å². The van der Waals surface area contributed by atoms with Crippen LogP contribution < -0.4 is 4.90 Å². The van der Waals surface area contributed by atoms with E-state index in [1.165, 1.54) is 10.5 Å². The molecule has 0 unspecified atom stereocenters. The van der Waals surface area contributed by atoms with Gasteiger partial charge in [-0.15, -0.1) is 0 Å². The zero-order valence-electron chi connectivity index (χ0n) is 11.0. The van der Waals surface area contributed by atoms with E-state index in [1.54, 1.807) is 12.1 Å². The number of hydrogen-bond acceptors (Lipinski definition) is 3. The Kier molecular flexibility index (Phi) is 2.54. The van der Waals surface area contributed by atoms with Crippen molar-refractivity contribution in [1.29, 1.82) is 0 Å². The molecule has 0 N–H and O–H groups in total. The topological polar surface area (TPSA) is 46.6 Å². The predicted molar refractivity (Wildman–Crippen MR) is 73.0 cm³/mol. The molecule has 102 valence electrons. The van der Waals surface area contributed by atoms with E-state index in [2.05, 4.69) is 6.08 Å². The van der Waals surface area contributed by atoms with Crippen molar-refractivity contribution in [2.24, 2.45) is 11.8 Å². The fourth-order valence-corrected chi connectivity index (χ4v) is 3.55. The monoisotopic (exact) mass is 269 g/mol. The summed E-state index contributed by atoms with van der Waals surface area (Å²) in [7, 11) is 0. The molecule has 1 aliphatic carbocycles. The predicted octanol–water partition coefficient (Wildman–Crippen LogP) is 1.91. The number of rotatable bonds is 1. The molecule has 4 heteroatoms. The molecule has 0 aromatic heterocycles. The third-order valence-electron chi connectivity index (χ3n) is 4.50. The van der Waals surface area contributed by atoms with E-state index in [4.69, 9.17) is 4.74 Å². The number of para-hydroxylation sites is 1. The summed E-state index contributed by atoms with van der Waals surface area (Å²) in [6, 6.07) is 9.16. The van der Waals surface area contributed by atoms with Gasteiger partial charge in [-0.05, 0) is 30.5 Å². The molecule has 2 fully saturated rings. The van der Waals surface area contributed by atoms with Crippen LogP contribution in [0.5, 0.6) is 0 Å². The molecule has 1 aromatic rings. The molecule has 1 aromatic carbocycles. The molecule has 2 aliphatic heterocycles. The van der Waals surface area contributed by atoms with Gasteiger partial charge >= 0.3 is 0 Å². The number of carbonyl (C=O) groups excluding carboxylic acids is 2. The van der Waals surface area contributed by atoms with Crippen LogP contribution in [0.4, 0.5) is 5.69 Å². The Morgan fingerprint density at radius 3 is 2.70 bits per heavy atom. The van der Waals surface area contributed by atoms with Gasteiger partial charge in [0.2, 0.25) is 11.8 Å². The van der Waals surface area contributed by atoms with Crippen molar-refractivity contribution in [3.8, 4) is 0 Å². The first-order valence-electron chi connectivity index (χ1n) is 7.01. The largest absolute Gasteiger partial charge is 0.373 e. The fourth-order valence-electron chi connectivity index (χ4n) is 3.55. The molecule has 0 radical (unpaired) electrons. The Hall–Kier alpha value is -1.94. The van der Waals surface area contributed by atoms with Gasteiger partial charge in [-0.3, -0.25) is 9.59 Å². The Bertz CT molecular complexity index is 607. The second kappa shape index (κ2) is 4.28. The lowest BCUT2D eigenvalue weighted by Gasteiger charge is -2.25. The lowest BCUT2D eigenvalue weighted by atomic mass is 9.79. The second-order valence-electron chi connectivity index (χ2n) is 5.54. The first-order chi connectivity index (χ1) is 9.77. The number of imide groups is 1. The number of benzene rings is 1. The number of hydrogen-bond donors (Lipinski definition) is 0. The number of anilines is 1. The third kappa shape index (κ3) is 1.51. The summed E-state index contributed by atoms with van der Waals surface area (Å²) in [6.45, 7) is 0.659. The van der Waals surface area contributed by atoms with Crippen LogP contribution in [-0.2, 0) is 14.3 Å². The highest BCUT2D eigenvalue weighted by molar-refractivity contribution is 6.22. The summed E-state index contributed by atoms with van der Waals surface area (Å²) < 4.78 is 5.71. The van der Waals surface area contributed by atoms with Crippen molar-refractivity contribution < 1.29 is 14.3 Å². The molecule has 2 heterocycles. The van der Waals surface area contributed by atoms with Gasteiger partial charge in [-0.25, -0.2) is 4.90 Å². The van der Waals surface area contributed by atoms with Gasteiger partial charge in [-0.2, -0.15) is 0 Å². The van der Waals surface area contributed by atoms with Crippen LogP contribution in [0.1, 0.15) is 12.8 Å². The minimum atomic E-state index is -0.329. The van der Waals surface area contributed by atoms with Gasteiger partial charge in [0.1, 0.15) is 0 Å². The molecule has 3 aliphatic rings. The lowest BCUT2D eigenvalue weighted by Crippen LogP contribution is -2.35. The standard InChI is InChI=1S/C16H15NO3/c18-15-12-7-6-10-8-9-20-14(10)13(12)16(19)17(15)11-4-2-1-3-5-11/h1-6,12-14H,7-9H2/t12-,13-,14+/m1/s1. The van der Waals surface area contributed by atoms with E-state index in [9.17, 15) is 9.59 Å². The molecule has 4 rings (SSSR count). The van der Waals surface area contributed by atoms with Crippen molar-refractivity contribution in [2.45, 2.75) is 18.9 Å². The summed E-state index contributed by atoms with van der Waals surface area (Å²) in [5.41, 5.74) is 1.86. The first kappa shape index (κ1) is 11.9. The summed E-state index contributed by atoms with van der Waals surface area (Å²) in [5, 5.41) is 0. The molecule has 0 bridgehead atoms. The van der Waals surface area contributed by atoms with E-state index >= 15 is 0 Å². The Morgan fingerprint density at radius 2 is 1.90 bits per heavy atom. The number of fused-ring (bicyclic) bond motifs is 3. The molecular formula is C16H15NO3. The molecule has 4 nitrogen and oxygen atoms in total. The molecule has 20 heavy (non-hydrogen) atoms. The van der Waals surface area contributed by atoms with Crippen LogP contribution in [0.15, 0.2) is 42.0 Å². The second-order valence-corrected chi connectivity index (χ2v) is 5.54. The average molecular weight is 269 g/mol. The summed E-state index contributed by atoms with van der Waals surface area (Å²) in [5.74, 6) is -0.777. The van der Waals surface area contributed by atoms with Gasteiger partial charge < -0.3 is 4.74 Å². The molecule has 3 atom stereocenters. The molecule has 0 saturated carbocycles. The van der Waals surface area contributed by atoms with Crippen molar-refractivity contribution >= 4 is 17.5 Å². The van der Waals surface area contributed by atoms with Crippen molar-refractivity contribution in [3.63, 3.8) is 0 Å². The maximum absolute atomic E-state index is 12.7. The van der Waals surface area contributed by atoms with E-state index < -0.39 is 0 Å². The highest BCUT2D eigenvalue weighted by Gasteiger charge is 2.54. The highest BCUT2D eigenvalue weighted by Crippen LogP contribution is 2.43. The van der Waals surface area contributed by atoms with E-state index in [1.807, 2.05) is 18.2 Å². The molecule has 2 amide bonds. The van der Waals surface area contributed by atoms with Crippen LogP contribution in [-0.4, -0.2) is 24.5 Å². The summed E-state index contributed by atoms with van der Waals surface area (Å²) >= 11 is 0. The maximum Gasteiger partial charge on any atom is 0.240 e. The fraction of sp³-hybridized carbons (Fsp3) is 0.375. The van der Waals surface area contributed by atoms with E-state index in [0.717, 1.165) is 6.42 Å². The number of carbonyl (C=O) groups is 2. The van der Waals surface area contributed by atoms with Crippen LogP contribution in [0.3, 0.4) is 0 Å². The minimum Gasteiger partial charge on any atom is -0.373 e. The van der Waals surface area contributed by atoms with Crippen molar-refractivity contribution in [1.82, 2.24) is 0 Å². The molecular weight excluding hydrogens is 254 g/mol. The number of ether oxygens (including phenoxy) is 1. The van der Waals surface area contributed by atoms with Crippen LogP contribution in [0.25, 0.3) is 0 Å². The van der Waals surface area contributed by atoms with Gasteiger partial charge in [0.15, 0.2) is 0 Å². The lowest BCUT2D eigenvalue weighted by molar-refractivity contribution is -0.124. The minimum absolute atomic E-state index is 0.0861. The highest BCUT2D eigenvalue weighted by atomic mass is 16.5. The quantitative estimate of drug-likeness (QED) is 0.578. The zero-order chi connectivity index (χ0) is 13.7. The van der Waals surface area contributed by atoms with Crippen LogP contribution in [0.2, 0.25) is 0 Å².